The third-order valence-electron chi connectivity index (χ3n) is 3.00. The van der Waals surface area contributed by atoms with Gasteiger partial charge in [-0.1, -0.05) is 11.6 Å². The normalized spacial score (nSPS) is 11.0. The number of amides is 1. The van der Waals surface area contributed by atoms with E-state index in [1.165, 1.54) is 0 Å². The van der Waals surface area contributed by atoms with E-state index in [-0.39, 0.29) is 18.6 Å². The summed E-state index contributed by atoms with van der Waals surface area (Å²) in [5, 5.41) is 7.69. The zero-order valence-corrected chi connectivity index (χ0v) is 13.8. The number of nitrogens with zero attached hydrogens (tertiary/aromatic N) is 3. The Balaban J connectivity index is 2.07. The van der Waals surface area contributed by atoms with E-state index in [9.17, 15) is 4.79 Å². The minimum atomic E-state index is -0.211. The van der Waals surface area contributed by atoms with Crippen LogP contribution in [0.1, 0.15) is 25.2 Å². The van der Waals surface area contributed by atoms with Gasteiger partial charge in [-0.25, -0.2) is 9.67 Å². The summed E-state index contributed by atoms with van der Waals surface area (Å²) in [6, 6.07) is 3.54. The monoisotopic (exact) mass is 322 g/mol. The van der Waals surface area contributed by atoms with Crippen LogP contribution < -0.4 is 5.32 Å². The highest BCUT2D eigenvalue weighted by Crippen LogP contribution is 2.21. The van der Waals surface area contributed by atoms with Gasteiger partial charge < -0.3 is 10.1 Å². The van der Waals surface area contributed by atoms with E-state index in [0.717, 1.165) is 11.4 Å². The van der Waals surface area contributed by atoms with Crippen molar-refractivity contribution in [3.63, 3.8) is 0 Å². The summed E-state index contributed by atoms with van der Waals surface area (Å²) >= 11 is 6.13. The molecule has 0 spiro atoms. The summed E-state index contributed by atoms with van der Waals surface area (Å²) in [4.78, 5) is 16.0. The third kappa shape index (κ3) is 3.84. The molecule has 0 saturated heterocycles. The zero-order chi connectivity index (χ0) is 16.3. The summed E-state index contributed by atoms with van der Waals surface area (Å²) in [7, 11) is 0. The SMILES string of the molecule is Cc1nn(-c2ccc(NC(=O)COC(C)C)cn2)c(C)c1Cl. The van der Waals surface area contributed by atoms with Crippen molar-refractivity contribution < 1.29 is 9.53 Å². The molecular formula is C15H19ClN4O2. The van der Waals surface area contributed by atoms with Crippen molar-refractivity contribution in [3.8, 4) is 5.82 Å². The fourth-order valence-electron chi connectivity index (χ4n) is 1.87. The van der Waals surface area contributed by atoms with Crippen LogP contribution in [0.2, 0.25) is 5.02 Å². The Labute approximate surface area is 134 Å². The average Bonchev–Trinajstić information content (AvgIpc) is 2.74. The Morgan fingerprint density at radius 2 is 2.14 bits per heavy atom. The molecular weight excluding hydrogens is 304 g/mol. The van der Waals surface area contributed by atoms with E-state index in [4.69, 9.17) is 16.3 Å². The van der Waals surface area contributed by atoms with Gasteiger partial charge in [-0.15, -0.1) is 0 Å². The van der Waals surface area contributed by atoms with E-state index < -0.39 is 0 Å². The number of carbonyl (C=O) groups is 1. The molecule has 1 N–H and O–H groups in total. The Bertz CT molecular complexity index is 665. The van der Waals surface area contributed by atoms with Crippen molar-refractivity contribution in [1.29, 1.82) is 0 Å². The van der Waals surface area contributed by atoms with Crippen LogP contribution in [-0.2, 0) is 9.53 Å². The minimum Gasteiger partial charge on any atom is -0.369 e. The molecule has 0 aromatic carbocycles. The minimum absolute atomic E-state index is 0.0158. The summed E-state index contributed by atoms with van der Waals surface area (Å²) in [5.74, 6) is 0.432. The number of hydrogen-bond donors (Lipinski definition) is 1. The summed E-state index contributed by atoms with van der Waals surface area (Å²) in [6.45, 7) is 7.50. The van der Waals surface area contributed by atoms with Crippen LogP contribution in [0.4, 0.5) is 5.69 Å². The Morgan fingerprint density at radius 1 is 1.41 bits per heavy atom. The van der Waals surface area contributed by atoms with E-state index in [0.29, 0.717) is 16.5 Å². The summed E-state index contributed by atoms with van der Waals surface area (Å²) < 4.78 is 6.91. The van der Waals surface area contributed by atoms with Gasteiger partial charge in [0.05, 0.1) is 34.4 Å². The molecule has 0 fully saturated rings. The maximum atomic E-state index is 11.7. The van der Waals surface area contributed by atoms with Gasteiger partial charge in [0.25, 0.3) is 0 Å². The van der Waals surface area contributed by atoms with E-state index >= 15 is 0 Å². The third-order valence-corrected chi connectivity index (χ3v) is 3.55. The Morgan fingerprint density at radius 3 is 2.64 bits per heavy atom. The van der Waals surface area contributed by atoms with Gasteiger partial charge in [-0.3, -0.25) is 4.79 Å². The van der Waals surface area contributed by atoms with Crippen molar-refractivity contribution in [3.05, 3.63) is 34.7 Å². The molecule has 2 aromatic rings. The number of aromatic nitrogens is 3. The van der Waals surface area contributed by atoms with Crippen molar-refractivity contribution in [1.82, 2.24) is 14.8 Å². The van der Waals surface area contributed by atoms with Gasteiger partial charge in [0.2, 0.25) is 5.91 Å². The molecule has 2 aromatic heterocycles. The second-order valence-corrected chi connectivity index (χ2v) is 5.59. The largest absolute Gasteiger partial charge is 0.369 e. The van der Waals surface area contributed by atoms with Crippen LogP contribution in [0, 0.1) is 13.8 Å². The van der Waals surface area contributed by atoms with Crippen molar-refractivity contribution >= 4 is 23.2 Å². The molecule has 22 heavy (non-hydrogen) atoms. The lowest BCUT2D eigenvalue weighted by Crippen LogP contribution is -2.20. The van der Waals surface area contributed by atoms with Gasteiger partial charge in [-0.05, 0) is 39.8 Å². The number of rotatable bonds is 5. The predicted octanol–water partition coefficient (Wildman–Crippen LogP) is 2.90. The van der Waals surface area contributed by atoms with Crippen LogP contribution in [0.15, 0.2) is 18.3 Å². The molecule has 2 heterocycles. The number of halogens is 1. The lowest BCUT2D eigenvalue weighted by Gasteiger charge is -2.09. The van der Waals surface area contributed by atoms with Crippen LogP contribution >= 0.6 is 11.6 Å². The molecule has 0 radical (unpaired) electrons. The van der Waals surface area contributed by atoms with E-state index in [2.05, 4.69) is 15.4 Å². The molecule has 0 unspecified atom stereocenters. The number of ether oxygens (including phenoxy) is 1. The Kier molecular flexibility index (Phi) is 5.15. The van der Waals surface area contributed by atoms with Gasteiger partial charge >= 0.3 is 0 Å². The standard InChI is InChI=1S/C15H19ClN4O2/c1-9(2)22-8-14(21)18-12-5-6-13(17-7-12)20-11(4)15(16)10(3)19-20/h5-7,9H,8H2,1-4H3,(H,18,21). The van der Waals surface area contributed by atoms with E-state index in [1.54, 1.807) is 23.0 Å². The van der Waals surface area contributed by atoms with E-state index in [1.807, 2.05) is 27.7 Å². The Hall–Kier alpha value is -1.92. The predicted molar refractivity (Wildman–Crippen MR) is 85.6 cm³/mol. The van der Waals surface area contributed by atoms with Gasteiger partial charge in [0.1, 0.15) is 6.61 Å². The van der Waals surface area contributed by atoms with Crippen LogP contribution in [0.25, 0.3) is 5.82 Å². The quantitative estimate of drug-likeness (QED) is 0.919. The smallest absolute Gasteiger partial charge is 0.250 e. The second-order valence-electron chi connectivity index (χ2n) is 5.21. The van der Waals surface area contributed by atoms with Crippen LogP contribution in [0.3, 0.4) is 0 Å². The highest BCUT2D eigenvalue weighted by atomic mass is 35.5. The van der Waals surface area contributed by atoms with Crippen LogP contribution in [-0.4, -0.2) is 33.4 Å². The first-order chi connectivity index (χ1) is 10.4. The number of aryl methyl sites for hydroxylation is 1. The molecule has 6 nitrogen and oxygen atoms in total. The molecule has 1 amide bonds. The molecule has 0 aliphatic carbocycles. The number of nitrogens with one attached hydrogen (secondary N) is 1. The molecule has 0 aliphatic heterocycles. The van der Waals surface area contributed by atoms with Gasteiger partial charge in [0.15, 0.2) is 5.82 Å². The average molecular weight is 323 g/mol. The summed E-state index contributed by atoms with van der Waals surface area (Å²) in [6.07, 6.45) is 1.59. The number of pyridine rings is 1. The fourth-order valence-corrected chi connectivity index (χ4v) is 1.99. The lowest BCUT2D eigenvalue weighted by atomic mass is 10.3. The molecule has 0 atom stereocenters. The highest BCUT2D eigenvalue weighted by Gasteiger charge is 2.11. The molecule has 118 valence electrons. The molecule has 0 saturated carbocycles. The van der Waals surface area contributed by atoms with Gasteiger partial charge in [-0.2, -0.15) is 5.10 Å². The first kappa shape index (κ1) is 16.5. The maximum absolute atomic E-state index is 11.7. The van der Waals surface area contributed by atoms with Crippen molar-refractivity contribution in [2.24, 2.45) is 0 Å². The van der Waals surface area contributed by atoms with Crippen molar-refractivity contribution in [2.75, 3.05) is 11.9 Å². The zero-order valence-electron chi connectivity index (χ0n) is 13.1. The number of hydrogen-bond acceptors (Lipinski definition) is 4. The molecule has 0 aliphatic rings. The first-order valence-corrected chi connectivity index (χ1v) is 7.36. The van der Waals surface area contributed by atoms with Gasteiger partial charge in [0, 0.05) is 0 Å². The summed E-state index contributed by atoms with van der Waals surface area (Å²) in [5.41, 5.74) is 2.19. The maximum Gasteiger partial charge on any atom is 0.250 e. The highest BCUT2D eigenvalue weighted by molar-refractivity contribution is 6.31. The molecule has 2 rings (SSSR count). The molecule has 7 heteroatoms. The topological polar surface area (TPSA) is 69.0 Å². The number of anilines is 1. The second kappa shape index (κ2) is 6.89. The van der Waals surface area contributed by atoms with Crippen molar-refractivity contribution in [2.45, 2.75) is 33.8 Å². The number of carbonyl (C=O) groups excluding carboxylic acids is 1. The molecule has 0 bridgehead atoms. The fraction of sp³-hybridized carbons (Fsp3) is 0.400. The first-order valence-electron chi connectivity index (χ1n) is 6.98. The lowest BCUT2D eigenvalue weighted by molar-refractivity contribution is -0.121. The van der Waals surface area contributed by atoms with Crippen LogP contribution in [0.5, 0.6) is 0 Å².